The van der Waals surface area contributed by atoms with Crippen LogP contribution in [0.15, 0.2) is 36.4 Å². The van der Waals surface area contributed by atoms with Crippen molar-refractivity contribution in [3.8, 4) is 0 Å². The Bertz CT molecular complexity index is 841. The number of carbonyl (C=O) groups is 1. The highest BCUT2D eigenvalue weighted by Gasteiger charge is 2.18. The standard InChI is InChI=1S/C16H13FN2OS/c1-9-5-3-8-13(18-9)19-16(20)15-10(2)14-11(17)6-4-7-12(14)21-15/h3-8H,1-2H3,(H,18,19,20). The molecule has 3 aromatic rings. The minimum Gasteiger partial charge on any atom is -0.306 e. The van der Waals surface area contributed by atoms with Crippen molar-refractivity contribution < 1.29 is 9.18 Å². The van der Waals surface area contributed by atoms with Gasteiger partial charge in [-0.1, -0.05) is 12.1 Å². The van der Waals surface area contributed by atoms with Gasteiger partial charge in [0.05, 0.1) is 4.88 Å². The molecule has 106 valence electrons. The summed E-state index contributed by atoms with van der Waals surface area (Å²) in [6, 6.07) is 10.3. The number of anilines is 1. The molecule has 1 aromatic carbocycles. The van der Waals surface area contributed by atoms with Crippen LogP contribution in [0.2, 0.25) is 0 Å². The minimum atomic E-state index is -0.297. The zero-order valence-corrected chi connectivity index (χ0v) is 12.4. The summed E-state index contributed by atoms with van der Waals surface area (Å²) in [5.41, 5.74) is 1.49. The van der Waals surface area contributed by atoms with Gasteiger partial charge in [0.15, 0.2) is 0 Å². The van der Waals surface area contributed by atoms with Crippen LogP contribution in [0.5, 0.6) is 0 Å². The Morgan fingerprint density at radius 2 is 1.95 bits per heavy atom. The lowest BCUT2D eigenvalue weighted by Gasteiger charge is -2.04. The zero-order chi connectivity index (χ0) is 15.0. The van der Waals surface area contributed by atoms with E-state index >= 15 is 0 Å². The van der Waals surface area contributed by atoms with Crippen molar-refractivity contribution in [3.05, 3.63) is 58.3 Å². The Labute approximate surface area is 125 Å². The van der Waals surface area contributed by atoms with Crippen LogP contribution in [0.25, 0.3) is 10.1 Å². The maximum Gasteiger partial charge on any atom is 0.267 e. The molecule has 0 aliphatic heterocycles. The van der Waals surface area contributed by atoms with Crippen molar-refractivity contribution in [2.45, 2.75) is 13.8 Å². The van der Waals surface area contributed by atoms with Gasteiger partial charge in [-0.25, -0.2) is 9.37 Å². The lowest BCUT2D eigenvalue weighted by molar-refractivity contribution is 0.102. The SMILES string of the molecule is Cc1cccc(NC(=O)c2sc3cccc(F)c3c2C)n1. The molecule has 0 unspecified atom stereocenters. The predicted octanol–water partition coefficient (Wildman–Crippen LogP) is 4.30. The summed E-state index contributed by atoms with van der Waals surface area (Å²) in [6.07, 6.45) is 0. The number of thiophene rings is 1. The van der Waals surface area contributed by atoms with Gasteiger partial charge in [-0.3, -0.25) is 4.79 Å². The van der Waals surface area contributed by atoms with Gasteiger partial charge < -0.3 is 5.32 Å². The Kier molecular flexibility index (Phi) is 3.43. The highest BCUT2D eigenvalue weighted by atomic mass is 32.1. The number of hydrogen-bond donors (Lipinski definition) is 1. The van der Waals surface area contributed by atoms with Crippen LogP contribution in [0.3, 0.4) is 0 Å². The summed E-state index contributed by atoms with van der Waals surface area (Å²) in [4.78, 5) is 17.1. The van der Waals surface area contributed by atoms with Gasteiger partial charge in [0, 0.05) is 15.8 Å². The molecule has 2 heterocycles. The Hall–Kier alpha value is -2.27. The Morgan fingerprint density at radius 3 is 2.67 bits per heavy atom. The molecule has 2 aromatic heterocycles. The van der Waals surface area contributed by atoms with Crippen molar-refractivity contribution in [3.63, 3.8) is 0 Å². The van der Waals surface area contributed by atoms with Crippen molar-refractivity contribution in [1.29, 1.82) is 0 Å². The molecule has 0 aliphatic rings. The summed E-state index contributed by atoms with van der Waals surface area (Å²) >= 11 is 1.29. The largest absolute Gasteiger partial charge is 0.306 e. The van der Waals surface area contributed by atoms with E-state index in [0.717, 1.165) is 10.4 Å². The van der Waals surface area contributed by atoms with Gasteiger partial charge >= 0.3 is 0 Å². The fourth-order valence-corrected chi connectivity index (χ4v) is 3.37. The number of aryl methyl sites for hydroxylation is 2. The molecular weight excluding hydrogens is 287 g/mol. The highest BCUT2D eigenvalue weighted by Crippen LogP contribution is 2.32. The fraction of sp³-hybridized carbons (Fsp3) is 0.125. The molecule has 5 heteroatoms. The minimum absolute atomic E-state index is 0.258. The number of nitrogens with zero attached hydrogens (tertiary/aromatic N) is 1. The van der Waals surface area contributed by atoms with Gasteiger partial charge in [-0.15, -0.1) is 11.3 Å². The molecule has 0 bridgehead atoms. The van der Waals surface area contributed by atoms with Crippen molar-refractivity contribution in [1.82, 2.24) is 4.98 Å². The van der Waals surface area contributed by atoms with E-state index in [1.807, 2.05) is 25.1 Å². The Balaban J connectivity index is 1.99. The van der Waals surface area contributed by atoms with Gasteiger partial charge in [-0.2, -0.15) is 0 Å². The monoisotopic (exact) mass is 300 g/mol. The van der Waals surface area contributed by atoms with Crippen LogP contribution in [0, 0.1) is 19.7 Å². The fourth-order valence-electron chi connectivity index (χ4n) is 2.26. The van der Waals surface area contributed by atoms with E-state index < -0.39 is 0 Å². The first-order valence-corrected chi connectivity index (χ1v) is 7.30. The van der Waals surface area contributed by atoms with Crippen LogP contribution in [0.4, 0.5) is 10.2 Å². The Morgan fingerprint density at radius 1 is 1.19 bits per heavy atom. The molecule has 0 atom stereocenters. The lowest BCUT2D eigenvalue weighted by atomic mass is 10.1. The van der Waals surface area contributed by atoms with Crippen LogP contribution < -0.4 is 5.32 Å². The molecule has 0 spiro atoms. The third-order valence-corrected chi connectivity index (χ3v) is 4.49. The van der Waals surface area contributed by atoms with Crippen LogP contribution in [0.1, 0.15) is 20.9 Å². The number of rotatable bonds is 2. The molecule has 3 rings (SSSR count). The average molecular weight is 300 g/mol. The molecular formula is C16H13FN2OS. The number of nitrogens with one attached hydrogen (secondary N) is 1. The highest BCUT2D eigenvalue weighted by molar-refractivity contribution is 7.21. The molecule has 0 fully saturated rings. The molecule has 3 nitrogen and oxygen atoms in total. The summed E-state index contributed by atoms with van der Waals surface area (Å²) in [6.45, 7) is 3.62. The number of aromatic nitrogens is 1. The van der Waals surface area contributed by atoms with E-state index in [1.54, 1.807) is 19.1 Å². The van der Waals surface area contributed by atoms with E-state index in [-0.39, 0.29) is 11.7 Å². The molecule has 0 aliphatic carbocycles. The maximum absolute atomic E-state index is 13.9. The molecule has 0 saturated carbocycles. The second-order valence-corrected chi connectivity index (χ2v) is 5.84. The first-order chi connectivity index (χ1) is 10.1. The maximum atomic E-state index is 13.9. The number of benzene rings is 1. The van der Waals surface area contributed by atoms with Gasteiger partial charge in [-0.05, 0) is 43.7 Å². The van der Waals surface area contributed by atoms with Gasteiger partial charge in [0.1, 0.15) is 11.6 Å². The molecule has 1 N–H and O–H groups in total. The quantitative estimate of drug-likeness (QED) is 0.766. The van der Waals surface area contributed by atoms with Crippen molar-refractivity contribution >= 4 is 33.1 Å². The number of fused-ring (bicyclic) bond motifs is 1. The smallest absolute Gasteiger partial charge is 0.267 e. The van der Waals surface area contributed by atoms with Gasteiger partial charge in [0.25, 0.3) is 5.91 Å². The molecule has 1 amide bonds. The van der Waals surface area contributed by atoms with Crippen molar-refractivity contribution in [2.24, 2.45) is 0 Å². The van der Waals surface area contributed by atoms with E-state index in [9.17, 15) is 9.18 Å². The third-order valence-electron chi connectivity index (χ3n) is 3.24. The first kappa shape index (κ1) is 13.7. The van der Waals surface area contributed by atoms with E-state index in [4.69, 9.17) is 0 Å². The molecule has 21 heavy (non-hydrogen) atoms. The average Bonchev–Trinajstić information content (AvgIpc) is 2.77. The predicted molar refractivity (Wildman–Crippen MR) is 83.4 cm³/mol. The number of halogens is 1. The number of pyridine rings is 1. The lowest BCUT2D eigenvalue weighted by Crippen LogP contribution is -2.12. The number of amides is 1. The second-order valence-electron chi connectivity index (χ2n) is 4.79. The summed E-state index contributed by atoms with van der Waals surface area (Å²) in [7, 11) is 0. The summed E-state index contributed by atoms with van der Waals surface area (Å²) in [5.74, 6) is -0.0579. The first-order valence-electron chi connectivity index (χ1n) is 6.49. The third kappa shape index (κ3) is 2.52. The van der Waals surface area contributed by atoms with Crippen LogP contribution >= 0.6 is 11.3 Å². The van der Waals surface area contributed by atoms with E-state index in [1.165, 1.54) is 17.4 Å². The van der Waals surface area contributed by atoms with E-state index in [0.29, 0.717) is 21.6 Å². The van der Waals surface area contributed by atoms with E-state index in [2.05, 4.69) is 10.3 Å². The van der Waals surface area contributed by atoms with Crippen LogP contribution in [-0.2, 0) is 0 Å². The van der Waals surface area contributed by atoms with Gasteiger partial charge in [0.2, 0.25) is 0 Å². The zero-order valence-electron chi connectivity index (χ0n) is 11.6. The second kappa shape index (κ2) is 5.26. The van der Waals surface area contributed by atoms with Crippen molar-refractivity contribution in [2.75, 3.05) is 5.32 Å². The number of hydrogen-bond acceptors (Lipinski definition) is 3. The normalized spacial score (nSPS) is 10.8. The molecule has 0 saturated heterocycles. The number of carbonyl (C=O) groups excluding carboxylic acids is 1. The molecule has 0 radical (unpaired) electrons. The van der Waals surface area contributed by atoms with Crippen LogP contribution in [-0.4, -0.2) is 10.9 Å². The summed E-state index contributed by atoms with van der Waals surface area (Å²) < 4.78 is 14.6. The summed E-state index contributed by atoms with van der Waals surface area (Å²) in [5, 5.41) is 3.28. The topological polar surface area (TPSA) is 42.0 Å².